The van der Waals surface area contributed by atoms with Crippen molar-refractivity contribution in [1.29, 1.82) is 0 Å². The van der Waals surface area contributed by atoms with Crippen molar-refractivity contribution >= 4 is 11.6 Å². The topological polar surface area (TPSA) is 59.7 Å². The van der Waals surface area contributed by atoms with E-state index in [2.05, 4.69) is 10.1 Å². The zero-order valence-corrected chi connectivity index (χ0v) is 15.1. The van der Waals surface area contributed by atoms with Gasteiger partial charge in [0.05, 0.1) is 30.1 Å². The van der Waals surface area contributed by atoms with Crippen molar-refractivity contribution in [2.24, 2.45) is 0 Å². The number of aryl methyl sites for hydroxylation is 1. The largest absolute Gasteiger partial charge is 0.496 e. The third-order valence-corrected chi connectivity index (χ3v) is 4.95. The van der Waals surface area contributed by atoms with Crippen LogP contribution in [0.25, 0.3) is 5.65 Å². The molecule has 3 heterocycles. The number of likely N-dealkylation sites (tertiary alicyclic amines) is 1. The van der Waals surface area contributed by atoms with Crippen LogP contribution < -0.4 is 4.74 Å². The molecule has 6 heteroatoms. The fourth-order valence-electron chi connectivity index (χ4n) is 3.74. The van der Waals surface area contributed by atoms with Crippen LogP contribution in [0, 0.1) is 6.92 Å². The van der Waals surface area contributed by atoms with Gasteiger partial charge in [-0.25, -0.2) is 9.50 Å². The van der Waals surface area contributed by atoms with Gasteiger partial charge >= 0.3 is 0 Å². The van der Waals surface area contributed by atoms with Crippen molar-refractivity contribution < 1.29 is 9.53 Å². The molecule has 26 heavy (non-hydrogen) atoms. The van der Waals surface area contributed by atoms with Gasteiger partial charge in [0.2, 0.25) is 0 Å². The van der Waals surface area contributed by atoms with E-state index >= 15 is 0 Å². The van der Waals surface area contributed by atoms with Gasteiger partial charge in [-0.3, -0.25) is 4.79 Å². The molecule has 0 aliphatic carbocycles. The second-order valence-corrected chi connectivity index (χ2v) is 6.64. The molecule has 0 N–H and O–H groups in total. The molecule has 134 valence electrons. The zero-order chi connectivity index (χ0) is 18.1. The number of hydrogen-bond acceptors (Lipinski definition) is 4. The number of carbonyl (C=O) groups excluding carboxylic acids is 1. The summed E-state index contributed by atoms with van der Waals surface area (Å²) in [5, 5.41) is 4.58. The Hall–Kier alpha value is -2.89. The van der Waals surface area contributed by atoms with Gasteiger partial charge in [-0.05, 0) is 44.4 Å². The van der Waals surface area contributed by atoms with Gasteiger partial charge in [0.15, 0.2) is 5.65 Å². The molecule has 1 saturated heterocycles. The average molecular weight is 350 g/mol. The SMILES string of the molecule is COc1ccccc1C(=O)N1CCCC[C@H]1c1ccnc2cc(C)nn12. The minimum Gasteiger partial charge on any atom is -0.496 e. The fourth-order valence-corrected chi connectivity index (χ4v) is 3.74. The number of ether oxygens (including phenoxy) is 1. The lowest BCUT2D eigenvalue weighted by atomic mass is 9.97. The van der Waals surface area contributed by atoms with Gasteiger partial charge in [-0.1, -0.05) is 12.1 Å². The molecule has 1 amide bonds. The highest BCUT2D eigenvalue weighted by atomic mass is 16.5. The first-order valence-corrected chi connectivity index (χ1v) is 8.94. The van der Waals surface area contributed by atoms with Crippen molar-refractivity contribution in [1.82, 2.24) is 19.5 Å². The Morgan fingerprint density at radius 3 is 2.92 bits per heavy atom. The predicted molar refractivity (Wildman–Crippen MR) is 98.3 cm³/mol. The Morgan fingerprint density at radius 1 is 1.23 bits per heavy atom. The molecule has 0 unspecified atom stereocenters. The van der Waals surface area contributed by atoms with Crippen LogP contribution in [0.2, 0.25) is 0 Å². The lowest BCUT2D eigenvalue weighted by molar-refractivity contribution is 0.0600. The maximum atomic E-state index is 13.3. The highest BCUT2D eigenvalue weighted by Crippen LogP contribution is 2.33. The quantitative estimate of drug-likeness (QED) is 0.726. The molecular formula is C20H22N4O2. The summed E-state index contributed by atoms with van der Waals surface area (Å²) >= 11 is 0. The van der Waals surface area contributed by atoms with Crippen molar-refractivity contribution in [2.45, 2.75) is 32.2 Å². The Morgan fingerprint density at radius 2 is 2.08 bits per heavy atom. The van der Waals surface area contributed by atoms with Gasteiger partial charge in [0, 0.05) is 18.8 Å². The fraction of sp³-hybridized carbons (Fsp3) is 0.350. The number of aromatic nitrogens is 3. The van der Waals surface area contributed by atoms with Gasteiger partial charge < -0.3 is 9.64 Å². The second-order valence-electron chi connectivity index (χ2n) is 6.64. The maximum absolute atomic E-state index is 13.3. The molecule has 1 fully saturated rings. The Balaban J connectivity index is 1.76. The molecule has 0 bridgehead atoms. The summed E-state index contributed by atoms with van der Waals surface area (Å²) in [7, 11) is 1.60. The summed E-state index contributed by atoms with van der Waals surface area (Å²) in [6.45, 7) is 2.68. The van der Waals surface area contributed by atoms with Crippen LogP contribution >= 0.6 is 0 Å². The van der Waals surface area contributed by atoms with E-state index in [4.69, 9.17) is 4.74 Å². The number of carbonyl (C=O) groups is 1. The van der Waals surface area contributed by atoms with E-state index < -0.39 is 0 Å². The van der Waals surface area contributed by atoms with Crippen molar-refractivity contribution in [3.8, 4) is 5.75 Å². The average Bonchev–Trinajstić information content (AvgIpc) is 3.07. The second kappa shape index (κ2) is 6.78. The Bertz CT molecular complexity index is 950. The molecule has 4 rings (SSSR count). The van der Waals surface area contributed by atoms with Gasteiger partial charge in [0.1, 0.15) is 5.75 Å². The van der Waals surface area contributed by atoms with E-state index in [1.165, 1.54) is 0 Å². The number of rotatable bonds is 3. The van der Waals surface area contributed by atoms with E-state index in [-0.39, 0.29) is 11.9 Å². The van der Waals surface area contributed by atoms with Crippen molar-refractivity contribution in [3.05, 3.63) is 59.5 Å². The molecule has 0 saturated carbocycles. The third-order valence-electron chi connectivity index (χ3n) is 4.95. The van der Waals surface area contributed by atoms with Crippen LogP contribution in [0.5, 0.6) is 5.75 Å². The maximum Gasteiger partial charge on any atom is 0.258 e. The van der Waals surface area contributed by atoms with Crippen molar-refractivity contribution in [2.75, 3.05) is 13.7 Å². The van der Waals surface area contributed by atoms with Gasteiger partial charge in [-0.15, -0.1) is 0 Å². The smallest absolute Gasteiger partial charge is 0.258 e. The highest BCUT2D eigenvalue weighted by molar-refractivity contribution is 5.97. The highest BCUT2D eigenvalue weighted by Gasteiger charge is 2.31. The third kappa shape index (κ3) is 2.81. The molecule has 1 aromatic carbocycles. The standard InChI is InChI=1S/C20H22N4O2/c1-14-13-19-21-11-10-17(24(19)22-14)16-8-5-6-12-23(16)20(25)15-7-3-4-9-18(15)26-2/h3-4,7,9-11,13,16H,5-6,8,12H2,1-2H3/t16-/m0/s1. The summed E-state index contributed by atoms with van der Waals surface area (Å²) in [4.78, 5) is 19.6. The number of methoxy groups -OCH3 is 1. The van der Waals surface area contributed by atoms with Crippen LogP contribution in [0.4, 0.5) is 0 Å². The normalized spacial score (nSPS) is 17.5. The van der Waals surface area contributed by atoms with E-state index in [9.17, 15) is 4.79 Å². The molecule has 0 spiro atoms. The summed E-state index contributed by atoms with van der Waals surface area (Å²) in [6, 6.07) is 11.3. The number of hydrogen-bond donors (Lipinski definition) is 0. The molecular weight excluding hydrogens is 328 g/mol. The van der Waals surface area contributed by atoms with Crippen LogP contribution in [0.1, 0.15) is 47.1 Å². The minimum atomic E-state index is -0.0223. The van der Waals surface area contributed by atoms with Gasteiger partial charge in [-0.2, -0.15) is 5.10 Å². The Kier molecular flexibility index (Phi) is 4.32. The van der Waals surface area contributed by atoms with Crippen LogP contribution in [-0.4, -0.2) is 39.1 Å². The van der Waals surface area contributed by atoms with Crippen LogP contribution in [0.15, 0.2) is 42.6 Å². The number of nitrogens with zero attached hydrogens (tertiary/aromatic N) is 4. The first kappa shape index (κ1) is 16.6. The number of piperidine rings is 1. The van der Waals surface area contributed by atoms with E-state index in [0.29, 0.717) is 11.3 Å². The molecule has 1 atom stereocenters. The number of fused-ring (bicyclic) bond motifs is 1. The molecule has 6 nitrogen and oxygen atoms in total. The number of amides is 1. The zero-order valence-electron chi connectivity index (χ0n) is 15.1. The molecule has 2 aromatic heterocycles. The Labute approximate surface area is 152 Å². The van der Waals surface area contributed by atoms with E-state index in [0.717, 1.165) is 42.8 Å². The lowest BCUT2D eigenvalue weighted by Gasteiger charge is -2.36. The number of benzene rings is 1. The first-order chi connectivity index (χ1) is 12.7. The summed E-state index contributed by atoms with van der Waals surface area (Å²) < 4.78 is 7.27. The monoisotopic (exact) mass is 350 g/mol. The summed E-state index contributed by atoms with van der Waals surface area (Å²) in [5.74, 6) is 0.609. The molecule has 3 aromatic rings. The first-order valence-electron chi connectivity index (χ1n) is 8.94. The van der Waals surface area contributed by atoms with Crippen LogP contribution in [0.3, 0.4) is 0 Å². The summed E-state index contributed by atoms with van der Waals surface area (Å²) in [6.07, 6.45) is 4.80. The molecule has 0 radical (unpaired) electrons. The summed E-state index contributed by atoms with van der Waals surface area (Å²) in [5.41, 5.74) is 3.34. The van der Waals surface area contributed by atoms with Gasteiger partial charge in [0.25, 0.3) is 5.91 Å². The van der Waals surface area contributed by atoms with E-state index in [1.807, 2.05) is 52.7 Å². The molecule has 1 aliphatic rings. The van der Waals surface area contributed by atoms with Crippen molar-refractivity contribution in [3.63, 3.8) is 0 Å². The van der Waals surface area contributed by atoms with Crippen LogP contribution in [-0.2, 0) is 0 Å². The lowest BCUT2D eigenvalue weighted by Crippen LogP contribution is -2.39. The minimum absolute atomic E-state index is 0.000917. The van der Waals surface area contributed by atoms with E-state index in [1.54, 1.807) is 13.3 Å². The molecule has 1 aliphatic heterocycles. The number of para-hydroxylation sites is 1. The predicted octanol–water partition coefficient (Wildman–Crippen LogP) is 3.41.